The fourth-order valence-electron chi connectivity index (χ4n) is 3.21. The van der Waals surface area contributed by atoms with Crippen molar-refractivity contribution in [1.29, 1.82) is 0 Å². The Morgan fingerprint density at radius 2 is 1.55 bits per heavy atom. The molecule has 1 heterocycles. The van der Waals surface area contributed by atoms with Gasteiger partial charge in [-0.1, -0.05) is 18.2 Å². The molecule has 0 aliphatic carbocycles. The molecule has 0 saturated heterocycles. The number of benzene rings is 3. The quantitative estimate of drug-likeness (QED) is 0.669. The molecule has 29 heavy (non-hydrogen) atoms. The predicted molar refractivity (Wildman–Crippen MR) is 110 cm³/mol. The zero-order valence-electron chi connectivity index (χ0n) is 15.7. The number of imide groups is 1. The van der Waals surface area contributed by atoms with Crippen LogP contribution in [-0.2, 0) is 0 Å². The topological polar surface area (TPSA) is 75.7 Å². The summed E-state index contributed by atoms with van der Waals surface area (Å²) in [5.41, 5.74) is 2.04. The minimum atomic E-state index is -0.394. The lowest BCUT2D eigenvalue weighted by molar-refractivity contribution is 0.0924. The Morgan fingerprint density at radius 3 is 2.17 bits per heavy atom. The van der Waals surface area contributed by atoms with Crippen LogP contribution in [0.4, 0.5) is 11.4 Å². The van der Waals surface area contributed by atoms with Crippen molar-refractivity contribution < 1.29 is 19.1 Å². The molecule has 1 N–H and O–H groups in total. The van der Waals surface area contributed by atoms with Gasteiger partial charge in [-0.2, -0.15) is 0 Å². The van der Waals surface area contributed by atoms with E-state index in [0.29, 0.717) is 34.7 Å². The number of fused-ring (bicyclic) bond motifs is 1. The van der Waals surface area contributed by atoms with Crippen LogP contribution in [0.3, 0.4) is 0 Å². The second kappa shape index (κ2) is 7.59. The monoisotopic (exact) mass is 386 g/mol. The highest BCUT2D eigenvalue weighted by molar-refractivity contribution is 6.34. The summed E-state index contributed by atoms with van der Waals surface area (Å²) in [5.74, 6) is -0.407. The number of hydrogen-bond donors (Lipinski definition) is 1. The number of amides is 3. The maximum absolute atomic E-state index is 12.7. The Balaban J connectivity index is 1.55. The molecule has 144 valence electrons. The Kier molecular flexibility index (Phi) is 4.83. The van der Waals surface area contributed by atoms with E-state index in [-0.39, 0.29) is 5.91 Å². The van der Waals surface area contributed by atoms with Crippen molar-refractivity contribution in [1.82, 2.24) is 0 Å². The molecule has 0 radical (unpaired) electrons. The van der Waals surface area contributed by atoms with Crippen LogP contribution in [0, 0.1) is 0 Å². The molecule has 3 aromatic carbocycles. The zero-order chi connectivity index (χ0) is 20.4. The van der Waals surface area contributed by atoms with Crippen molar-refractivity contribution in [2.75, 3.05) is 16.8 Å². The van der Waals surface area contributed by atoms with E-state index in [0.717, 1.165) is 10.6 Å². The second-order valence-electron chi connectivity index (χ2n) is 6.45. The molecule has 0 saturated carbocycles. The van der Waals surface area contributed by atoms with Gasteiger partial charge in [0, 0.05) is 11.3 Å². The number of hydrogen-bond acceptors (Lipinski definition) is 4. The first-order valence-electron chi connectivity index (χ1n) is 9.20. The summed E-state index contributed by atoms with van der Waals surface area (Å²) in [4.78, 5) is 39.1. The van der Waals surface area contributed by atoms with Crippen LogP contribution in [0.15, 0.2) is 72.8 Å². The molecule has 0 bridgehead atoms. The maximum atomic E-state index is 12.7. The average Bonchev–Trinajstić information content (AvgIpc) is 3.00. The zero-order valence-corrected chi connectivity index (χ0v) is 15.7. The lowest BCUT2D eigenvalue weighted by Gasteiger charge is -2.15. The third kappa shape index (κ3) is 3.48. The number of carbonyl (C=O) groups is 3. The van der Waals surface area contributed by atoms with Gasteiger partial charge in [-0.3, -0.25) is 14.4 Å². The molecule has 1 aliphatic rings. The summed E-state index contributed by atoms with van der Waals surface area (Å²) in [6.45, 7) is 2.47. The number of nitrogens with zero attached hydrogens (tertiary/aromatic N) is 1. The van der Waals surface area contributed by atoms with E-state index in [1.54, 1.807) is 66.7 Å². The van der Waals surface area contributed by atoms with Crippen LogP contribution < -0.4 is 15.0 Å². The summed E-state index contributed by atoms with van der Waals surface area (Å²) in [6.07, 6.45) is 0. The maximum Gasteiger partial charge on any atom is 0.266 e. The third-order valence-electron chi connectivity index (χ3n) is 4.58. The fraction of sp³-hybridized carbons (Fsp3) is 0.0870. The number of carbonyl (C=O) groups excluding carboxylic acids is 3. The van der Waals surface area contributed by atoms with Crippen LogP contribution in [0.2, 0.25) is 0 Å². The van der Waals surface area contributed by atoms with Gasteiger partial charge < -0.3 is 10.1 Å². The highest BCUT2D eigenvalue weighted by Gasteiger charge is 2.36. The van der Waals surface area contributed by atoms with Crippen molar-refractivity contribution in [3.63, 3.8) is 0 Å². The molecule has 0 spiro atoms. The lowest BCUT2D eigenvalue weighted by atomic mass is 10.1. The van der Waals surface area contributed by atoms with E-state index in [9.17, 15) is 14.4 Å². The summed E-state index contributed by atoms with van der Waals surface area (Å²) in [5, 5.41) is 2.80. The standard InChI is InChI=1S/C23H18N2O4/c1-2-29-18-12-10-16(11-13-18)24-21(26)15-6-5-7-17(14-15)25-22(27)19-8-3-4-9-20(19)23(25)28/h3-14H,2H2,1H3,(H,24,26). The number of rotatable bonds is 5. The van der Waals surface area contributed by atoms with Gasteiger partial charge in [0.15, 0.2) is 0 Å². The summed E-state index contributed by atoms with van der Waals surface area (Å²) in [7, 11) is 0. The molecule has 0 unspecified atom stereocenters. The number of nitrogens with one attached hydrogen (secondary N) is 1. The molecular weight excluding hydrogens is 368 g/mol. The Bertz CT molecular complexity index is 1070. The first-order valence-corrected chi connectivity index (χ1v) is 9.20. The first kappa shape index (κ1) is 18.4. The normalized spacial score (nSPS) is 12.7. The van der Waals surface area contributed by atoms with Crippen molar-refractivity contribution in [2.45, 2.75) is 6.92 Å². The third-order valence-corrected chi connectivity index (χ3v) is 4.58. The largest absolute Gasteiger partial charge is 0.494 e. The highest BCUT2D eigenvalue weighted by Crippen LogP contribution is 2.29. The van der Waals surface area contributed by atoms with Crippen molar-refractivity contribution >= 4 is 29.1 Å². The molecule has 6 nitrogen and oxygen atoms in total. The molecule has 0 aromatic heterocycles. The lowest BCUT2D eigenvalue weighted by Crippen LogP contribution is -2.29. The molecule has 3 aromatic rings. The Morgan fingerprint density at radius 1 is 0.897 bits per heavy atom. The van der Waals surface area contributed by atoms with Crippen LogP contribution in [0.25, 0.3) is 0 Å². The Hall–Kier alpha value is -3.93. The van der Waals surface area contributed by atoms with Gasteiger partial charge in [0.1, 0.15) is 5.75 Å². The molecule has 6 heteroatoms. The van der Waals surface area contributed by atoms with Crippen molar-refractivity contribution in [3.05, 3.63) is 89.5 Å². The van der Waals surface area contributed by atoms with Gasteiger partial charge in [-0.05, 0) is 61.5 Å². The van der Waals surface area contributed by atoms with Crippen molar-refractivity contribution in [2.24, 2.45) is 0 Å². The SMILES string of the molecule is CCOc1ccc(NC(=O)c2cccc(N3C(=O)c4ccccc4C3=O)c2)cc1. The van der Waals surface area contributed by atoms with E-state index in [4.69, 9.17) is 4.74 Å². The fourth-order valence-corrected chi connectivity index (χ4v) is 3.21. The molecule has 3 amide bonds. The number of ether oxygens (including phenoxy) is 1. The molecule has 0 atom stereocenters. The van der Waals surface area contributed by atoms with Crippen LogP contribution in [0.1, 0.15) is 38.0 Å². The van der Waals surface area contributed by atoms with E-state index < -0.39 is 11.8 Å². The Labute approximate surface area is 167 Å². The van der Waals surface area contributed by atoms with Crippen molar-refractivity contribution in [3.8, 4) is 5.75 Å². The van der Waals surface area contributed by atoms with Gasteiger partial charge >= 0.3 is 0 Å². The first-order chi connectivity index (χ1) is 14.1. The average molecular weight is 386 g/mol. The summed E-state index contributed by atoms with van der Waals surface area (Å²) >= 11 is 0. The van der Waals surface area contributed by atoms with E-state index in [1.165, 1.54) is 6.07 Å². The van der Waals surface area contributed by atoms with Gasteiger partial charge in [0.25, 0.3) is 17.7 Å². The van der Waals surface area contributed by atoms with Gasteiger partial charge in [-0.15, -0.1) is 0 Å². The van der Waals surface area contributed by atoms with E-state index in [2.05, 4.69) is 5.32 Å². The van der Waals surface area contributed by atoms with Crippen LogP contribution in [0.5, 0.6) is 5.75 Å². The predicted octanol–water partition coefficient (Wildman–Crippen LogP) is 4.14. The smallest absolute Gasteiger partial charge is 0.266 e. The van der Waals surface area contributed by atoms with Gasteiger partial charge in [-0.25, -0.2) is 4.90 Å². The van der Waals surface area contributed by atoms with E-state index >= 15 is 0 Å². The second-order valence-corrected chi connectivity index (χ2v) is 6.45. The van der Waals surface area contributed by atoms with Crippen LogP contribution >= 0.6 is 0 Å². The van der Waals surface area contributed by atoms with Gasteiger partial charge in [0.2, 0.25) is 0 Å². The molecular formula is C23H18N2O4. The molecule has 1 aliphatic heterocycles. The highest BCUT2D eigenvalue weighted by atomic mass is 16.5. The van der Waals surface area contributed by atoms with Crippen LogP contribution in [-0.4, -0.2) is 24.3 Å². The van der Waals surface area contributed by atoms with E-state index in [1.807, 2.05) is 6.92 Å². The summed E-state index contributed by atoms with van der Waals surface area (Å²) < 4.78 is 5.39. The summed E-state index contributed by atoms with van der Waals surface area (Å²) in [6, 6.07) is 20.2. The van der Waals surface area contributed by atoms with Gasteiger partial charge in [0.05, 0.1) is 23.4 Å². The molecule has 0 fully saturated rings. The number of anilines is 2. The minimum absolute atomic E-state index is 0.340. The minimum Gasteiger partial charge on any atom is -0.494 e. The molecule has 4 rings (SSSR count).